The molecule has 0 saturated carbocycles. The predicted molar refractivity (Wildman–Crippen MR) is 95.7 cm³/mol. The first-order valence-corrected chi connectivity index (χ1v) is 8.63. The molecule has 128 valence electrons. The van der Waals surface area contributed by atoms with Crippen molar-refractivity contribution in [2.24, 2.45) is 0 Å². The largest absolute Gasteiger partial charge is 0.385 e. The molecule has 25 heavy (non-hydrogen) atoms. The number of rotatable bonds is 6. The average Bonchev–Trinajstić information content (AvgIpc) is 3.09. The summed E-state index contributed by atoms with van der Waals surface area (Å²) in [5.41, 5.74) is 1.51. The normalized spacial score (nSPS) is 11.9. The van der Waals surface area contributed by atoms with E-state index in [1.807, 2.05) is 30.3 Å². The fraction of sp³-hybridized carbons (Fsp3) is 0.167. The number of carbonyl (C=O) groups is 1. The van der Waals surface area contributed by atoms with E-state index in [9.17, 15) is 14.7 Å². The zero-order valence-corrected chi connectivity index (χ0v) is 14.1. The van der Waals surface area contributed by atoms with Gasteiger partial charge in [0.1, 0.15) is 11.8 Å². The van der Waals surface area contributed by atoms with Gasteiger partial charge in [0, 0.05) is 30.1 Å². The smallest absolute Gasteiger partial charge is 0.270 e. The first-order valence-electron chi connectivity index (χ1n) is 7.75. The molecule has 1 amide bonds. The molecule has 2 aromatic heterocycles. The zero-order chi connectivity index (χ0) is 17.6. The van der Waals surface area contributed by atoms with Gasteiger partial charge in [0.25, 0.3) is 5.91 Å². The minimum absolute atomic E-state index is 0.00959. The lowest BCUT2D eigenvalue weighted by atomic mass is 10.2. The number of benzene rings is 1. The molecule has 0 radical (unpaired) electrons. The molecule has 0 spiro atoms. The number of aromatic amines is 1. The van der Waals surface area contributed by atoms with Crippen LogP contribution in [0.3, 0.4) is 0 Å². The van der Waals surface area contributed by atoms with E-state index in [1.165, 1.54) is 17.4 Å². The van der Waals surface area contributed by atoms with Crippen LogP contribution >= 0.6 is 11.3 Å². The van der Waals surface area contributed by atoms with Gasteiger partial charge in [-0.1, -0.05) is 36.4 Å². The number of hydrogen-bond acceptors (Lipinski definition) is 5. The van der Waals surface area contributed by atoms with E-state index in [1.54, 1.807) is 17.5 Å². The number of aliphatic hydroxyl groups is 1. The van der Waals surface area contributed by atoms with E-state index in [0.29, 0.717) is 17.8 Å². The Hall–Kier alpha value is -2.77. The van der Waals surface area contributed by atoms with Gasteiger partial charge in [-0.25, -0.2) is 4.98 Å². The Labute approximate surface area is 148 Å². The van der Waals surface area contributed by atoms with Crippen LogP contribution in [-0.2, 0) is 6.42 Å². The summed E-state index contributed by atoms with van der Waals surface area (Å²) in [7, 11) is 0. The summed E-state index contributed by atoms with van der Waals surface area (Å²) < 4.78 is 0. The summed E-state index contributed by atoms with van der Waals surface area (Å²) >= 11 is 1.42. The maximum atomic E-state index is 12.2. The Morgan fingerprint density at radius 2 is 2.00 bits per heavy atom. The van der Waals surface area contributed by atoms with Crippen LogP contribution in [0.25, 0.3) is 0 Å². The van der Waals surface area contributed by atoms with Crippen LogP contribution in [0.4, 0.5) is 0 Å². The fourth-order valence-corrected chi connectivity index (χ4v) is 3.12. The van der Waals surface area contributed by atoms with E-state index in [4.69, 9.17) is 0 Å². The van der Waals surface area contributed by atoms with Crippen LogP contribution in [0.5, 0.6) is 0 Å². The lowest BCUT2D eigenvalue weighted by molar-refractivity contribution is 0.0909. The van der Waals surface area contributed by atoms with Gasteiger partial charge >= 0.3 is 0 Å². The lowest BCUT2D eigenvalue weighted by Gasteiger charge is -2.11. The highest BCUT2D eigenvalue weighted by molar-refractivity contribution is 7.09. The van der Waals surface area contributed by atoms with Crippen molar-refractivity contribution in [1.29, 1.82) is 0 Å². The number of amides is 1. The van der Waals surface area contributed by atoms with Crippen molar-refractivity contribution in [2.45, 2.75) is 12.5 Å². The van der Waals surface area contributed by atoms with Gasteiger partial charge in [-0.05, 0) is 11.6 Å². The molecule has 3 N–H and O–H groups in total. The third-order valence-electron chi connectivity index (χ3n) is 3.59. The second-order valence-corrected chi connectivity index (χ2v) is 6.43. The number of aromatic nitrogens is 2. The number of nitrogens with one attached hydrogen (secondary N) is 2. The van der Waals surface area contributed by atoms with Gasteiger partial charge in [0.2, 0.25) is 5.56 Å². The fourth-order valence-electron chi connectivity index (χ4n) is 2.32. The maximum Gasteiger partial charge on any atom is 0.270 e. The number of aliphatic hydroxyl groups excluding tert-OH is 1. The molecule has 1 atom stereocenters. The molecule has 0 fully saturated rings. The van der Waals surface area contributed by atoms with Gasteiger partial charge in [-0.2, -0.15) is 0 Å². The number of H-pyrrole nitrogens is 1. The lowest BCUT2D eigenvalue weighted by Crippen LogP contribution is -2.29. The Balaban J connectivity index is 1.57. The van der Waals surface area contributed by atoms with Crippen molar-refractivity contribution < 1.29 is 9.90 Å². The van der Waals surface area contributed by atoms with Crippen LogP contribution in [0.1, 0.15) is 32.9 Å². The van der Waals surface area contributed by atoms with Gasteiger partial charge in [-0.15, -0.1) is 11.3 Å². The van der Waals surface area contributed by atoms with Crippen molar-refractivity contribution in [3.8, 4) is 0 Å². The minimum atomic E-state index is -0.986. The molecule has 0 aliphatic rings. The van der Waals surface area contributed by atoms with Crippen LogP contribution in [0.15, 0.2) is 58.7 Å². The van der Waals surface area contributed by atoms with E-state index in [-0.39, 0.29) is 18.0 Å². The molecule has 2 heterocycles. The second-order valence-electron chi connectivity index (χ2n) is 5.49. The van der Waals surface area contributed by atoms with Crippen molar-refractivity contribution in [3.63, 3.8) is 0 Å². The Morgan fingerprint density at radius 1 is 1.20 bits per heavy atom. The predicted octanol–water partition coefficient (Wildman–Crippen LogP) is 1.89. The maximum absolute atomic E-state index is 12.2. The molecular formula is C18H17N3O3S. The molecule has 1 unspecified atom stereocenters. The number of nitrogens with zero attached hydrogens (tertiary/aromatic N) is 1. The Bertz CT molecular complexity index is 905. The van der Waals surface area contributed by atoms with E-state index in [0.717, 1.165) is 10.6 Å². The molecule has 0 aliphatic carbocycles. The average molecular weight is 355 g/mol. The monoisotopic (exact) mass is 355 g/mol. The van der Waals surface area contributed by atoms with E-state index in [2.05, 4.69) is 15.3 Å². The number of carbonyl (C=O) groups excluding carboxylic acids is 1. The standard InChI is InChI=1S/C18H17N3O3S/c22-15(13-7-4-8-16(23)20-13)10-19-18(24)14-11-25-17(21-14)9-12-5-2-1-3-6-12/h1-8,11,15,22H,9-10H2,(H,19,24)(H,20,23). The first-order chi connectivity index (χ1) is 12.1. The summed E-state index contributed by atoms with van der Waals surface area (Å²) in [4.78, 5) is 30.3. The summed E-state index contributed by atoms with van der Waals surface area (Å²) in [6.45, 7) is -0.00959. The second kappa shape index (κ2) is 7.87. The highest BCUT2D eigenvalue weighted by Gasteiger charge is 2.14. The third-order valence-corrected chi connectivity index (χ3v) is 4.44. The van der Waals surface area contributed by atoms with Crippen molar-refractivity contribution >= 4 is 17.2 Å². The van der Waals surface area contributed by atoms with E-state index >= 15 is 0 Å². The molecular weight excluding hydrogens is 338 g/mol. The van der Waals surface area contributed by atoms with Gasteiger partial charge in [0.05, 0.1) is 5.01 Å². The summed E-state index contributed by atoms with van der Waals surface area (Å²) in [5, 5.41) is 15.2. The SMILES string of the molecule is O=C(NCC(O)c1cccc(=O)[nH]1)c1csc(Cc2ccccc2)n1. The minimum Gasteiger partial charge on any atom is -0.385 e. The summed E-state index contributed by atoms with van der Waals surface area (Å²) in [6.07, 6.45) is -0.313. The molecule has 1 aromatic carbocycles. The quantitative estimate of drug-likeness (QED) is 0.629. The van der Waals surface area contributed by atoms with E-state index < -0.39 is 6.10 Å². The van der Waals surface area contributed by atoms with Gasteiger partial charge in [-0.3, -0.25) is 9.59 Å². The summed E-state index contributed by atoms with van der Waals surface area (Å²) in [5.74, 6) is -0.354. The number of thiazole rings is 1. The molecule has 7 heteroatoms. The van der Waals surface area contributed by atoms with Crippen LogP contribution in [0, 0.1) is 0 Å². The zero-order valence-electron chi connectivity index (χ0n) is 13.3. The third kappa shape index (κ3) is 4.62. The van der Waals surface area contributed by atoms with Crippen molar-refractivity contribution in [2.75, 3.05) is 6.54 Å². The molecule has 3 aromatic rings. The Kier molecular flexibility index (Phi) is 5.37. The Morgan fingerprint density at radius 3 is 2.76 bits per heavy atom. The van der Waals surface area contributed by atoms with Crippen molar-refractivity contribution in [3.05, 3.63) is 86.2 Å². The number of pyridine rings is 1. The van der Waals surface area contributed by atoms with Gasteiger partial charge < -0.3 is 15.4 Å². The van der Waals surface area contributed by atoms with Crippen LogP contribution < -0.4 is 10.9 Å². The highest BCUT2D eigenvalue weighted by atomic mass is 32.1. The van der Waals surface area contributed by atoms with Crippen LogP contribution in [-0.4, -0.2) is 27.5 Å². The molecule has 6 nitrogen and oxygen atoms in total. The highest BCUT2D eigenvalue weighted by Crippen LogP contribution is 2.15. The molecule has 0 bridgehead atoms. The first kappa shape index (κ1) is 17.1. The van der Waals surface area contributed by atoms with Crippen molar-refractivity contribution in [1.82, 2.24) is 15.3 Å². The molecule has 0 aliphatic heterocycles. The van der Waals surface area contributed by atoms with Gasteiger partial charge in [0.15, 0.2) is 0 Å². The topological polar surface area (TPSA) is 95.1 Å². The summed E-state index contributed by atoms with van der Waals surface area (Å²) in [6, 6.07) is 14.4. The van der Waals surface area contributed by atoms with Crippen LogP contribution in [0.2, 0.25) is 0 Å². The number of hydrogen-bond donors (Lipinski definition) is 3. The molecule has 3 rings (SSSR count). The molecule has 0 saturated heterocycles.